The second-order valence-corrected chi connectivity index (χ2v) is 3.58. The first-order valence-electron chi connectivity index (χ1n) is 5.06. The smallest absolute Gasteiger partial charge is 0.358 e. The average Bonchev–Trinajstić information content (AvgIpc) is 2.89. The Kier molecular flexibility index (Phi) is 3.33. The SMILES string of the molecule is COCc1c(C(=O)O)nnn1Cc1nonc1C. The topological polar surface area (TPSA) is 116 Å². The maximum atomic E-state index is 11.0. The largest absolute Gasteiger partial charge is 0.476 e. The van der Waals surface area contributed by atoms with Gasteiger partial charge < -0.3 is 9.84 Å². The number of carboxylic acids is 1. The molecule has 0 aromatic carbocycles. The Hall–Kier alpha value is -2.29. The summed E-state index contributed by atoms with van der Waals surface area (Å²) in [5.41, 5.74) is 1.42. The molecular weight excluding hydrogens is 242 g/mol. The minimum atomic E-state index is -1.15. The predicted octanol–water partition coefficient (Wildman–Crippen LogP) is -0.138. The highest BCUT2D eigenvalue weighted by Crippen LogP contribution is 2.10. The third-order valence-corrected chi connectivity index (χ3v) is 2.37. The van der Waals surface area contributed by atoms with E-state index in [0.717, 1.165) is 0 Å². The van der Waals surface area contributed by atoms with Gasteiger partial charge in [-0.3, -0.25) is 0 Å². The lowest BCUT2D eigenvalue weighted by atomic mass is 10.3. The number of rotatable bonds is 5. The molecule has 2 aromatic rings. The molecule has 96 valence electrons. The summed E-state index contributed by atoms with van der Waals surface area (Å²) >= 11 is 0. The van der Waals surface area contributed by atoms with Gasteiger partial charge in [0.15, 0.2) is 5.69 Å². The van der Waals surface area contributed by atoms with Crippen molar-refractivity contribution in [3.8, 4) is 0 Å². The summed E-state index contributed by atoms with van der Waals surface area (Å²) < 4.78 is 10.9. The fraction of sp³-hybridized carbons (Fsp3) is 0.444. The molecule has 2 aromatic heterocycles. The Morgan fingerprint density at radius 1 is 1.50 bits per heavy atom. The van der Waals surface area contributed by atoms with E-state index in [0.29, 0.717) is 17.1 Å². The van der Waals surface area contributed by atoms with Crippen molar-refractivity contribution in [1.29, 1.82) is 0 Å². The van der Waals surface area contributed by atoms with Gasteiger partial charge in [-0.05, 0) is 6.92 Å². The maximum Gasteiger partial charge on any atom is 0.358 e. The Labute approximate surface area is 101 Å². The van der Waals surface area contributed by atoms with Crippen LogP contribution in [0.4, 0.5) is 0 Å². The van der Waals surface area contributed by atoms with Crippen molar-refractivity contribution >= 4 is 5.97 Å². The molecule has 2 rings (SSSR count). The van der Waals surface area contributed by atoms with Crippen molar-refractivity contribution in [3.63, 3.8) is 0 Å². The molecule has 0 aliphatic carbocycles. The first-order chi connectivity index (χ1) is 8.63. The van der Waals surface area contributed by atoms with Gasteiger partial charge in [0.1, 0.15) is 11.4 Å². The van der Waals surface area contributed by atoms with Gasteiger partial charge in [0, 0.05) is 7.11 Å². The third kappa shape index (κ3) is 2.20. The molecule has 9 nitrogen and oxygen atoms in total. The number of nitrogens with zero attached hydrogens (tertiary/aromatic N) is 5. The van der Waals surface area contributed by atoms with Crippen LogP contribution in [0.2, 0.25) is 0 Å². The third-order valence-electron chi connectivity index (χ3n) is 2.37. The summed E-state index contributed by atoms with van der Waals surface area (Å²) in [6.45, 7) is 2.06. The van der Waals surface area contributed by atoms with E-state index in [1.165, 1.54) is 11.8 Å². The van der Waals surface area contributed by atoms with Crippen molar-refractivity contribution in [1.82, 2.24) is 25.3 Å². The van der Waals surface area contributed by atoms with Crippen molar-refractivity contribution in [3.05, 3.63) is 22.8 Å². The Morgan fingerprint density at radius 2 is 2.28 bits per heavy atom. The second kappa shape index (κ2) is 4.92. The van der Waals surface area contributed by atoms with E-state index in [4.69, 9.17) is 9.84 Å². The predicted molar refractivity (Wildman–Crippen MR) is 55.8 cm³/mol. The highest BCUT2D eigenvalue weighted by Gasteiger charge is 2.20. The number of hydrogen-bond donors (Lipinski definition) is 1. The monoisotopic (exact) mass is 253 g/mol. The average molecular weight is 253 g/mol. The fourth-order valence-electron chi connectivity index (χ4n) is 1.44. The van der Waals surface area contributed by atoms with E-state index < -0.39 is 5.97 Å². The van der Waals surface area contributed by atoms with Crippen LogP contribution in [0, 0.1) is 6.92 Å². The van der Waals surface area contributed by atoms with Crippen LogP contribution in [0.3, 0.4) is 0 Å². The zero-order chi connectivity index (χ0) is 13.1. The van der Waals surface area contributed by atoms with E-state index in [2.05, 4.69) is 25.3 Å². The summed E-state index contributed by atoms with van der Waals surface area (Å²) in [7, 11) is 1.46. The molecule has 0 radical (unpaired) electrons. The lowest BCUT2D eigenvalue weighted by Crippen LogP contribution is -2.11. The number of aromatic nitrogens is 5. The van der Waals surface area contributed by atoms with Gasteiger partial charge in [-0.2, -0.15) is 0 Å². The van der Waals surface area contributed by atoms with Gasteiger partial charge in [-0.25, -0.2) is 14.1 Å². The molecule has 2 heterocycles. The van der Waals surface area contributed by atoms with Crippen molar-refractivity contribution in [2.75, 3.05) is 7.11 Å². The molecular formula is C9H11N5O4. The van der Waals surface area contributed by atoms with Crippen molar-refractivity contribution in [2.24, 2.45) is 0 Å². The van der Waals surface area contributed by atoms with Crippen LogP contribution in [0.15, 0.2) is 4.63 Å². The first-order valence-corrected chi connectivity index (χ1v) is 5.06. The van der Waals surface area contributed by atoms with Gasteiger partial charge in [0.25, 0.3) is 0 Å². The number of aromatic carboxylic acids is 1. The van der Waals surface area contributed by atoms with E-state index in [1.54, 1.807) is 6.92 Å². The maximum absolute atomic E-state index is 11.0. The van der Waals surface area contributed by atoms with E-state index in [1.807, 2.05) is 0 Å². The van der Waals surface area contributed by atoms with Crippen LogP contribution in [-0.4, -0.2) is 43.5 Å². The van der Waals surface area contributed by atoms with Gasteiger partial charge in [0.2, 0.25) is 0 Å². The van der Waals surface area contributed by atoms with Crippen LogP contribution in [-0.2, 0) is 17.9 Å². The molecule has 1 N–H and O–H groups in total. The van der Waals surface area contributed by atoms with Gasteiger partial charge in [-0.1, -0.05) is 15.5 Å². The molecule has 0 aliphatic heterocycles. The molecule has 0 saturated heterocycles. The standard InChI is InChI=1S/C9H11N5O4/c1-5-6(12-18-11-5)3-14-7(4-17-2)8(9(15)16)10-13-14/h3-4H2,1-2H3,(H,15,16). The summed E-state index contributed by atoms with van der Waals surface area (Å²) in [5, 5.41) is 23.7. The number of hydrogen-bond acceptors (Lipinski definition) is 7. The Morgan fingerprint density at radius 3 is 2.83 bits per heavy atom. The molecule has 0 spiro atoms. The highest BCUT2D eigenvalue weighted by molar-refractivity contribution is 5.86. The molecule has 0 bridgehead atoms. The molecule has 0 fully saturated rings. The van der Waals surface area contributed by atoms with Crippen LogP contribution in [0.25, 0.3) is 0 Å². The number of aryl methyl sites for hydroxylation is 1. The number of carbonyl (C=O) groups is 1. The molecule has 18 heavy (non-hydrogen) atoms. The van der Waals surface area contributed by atoms with E-state index in [-0.39, 0.29) is 18.8 Å². The van der Waals surface area contributed by atoms with Gasteiger partial charge in [0.05, 0.1) is 18.8 Å². The van der Waals surface area contributed by atoms with Crippen molar-refractivity contribution in [2.45, 2.75) is 20.1 Å². The highest BCUT2D eigenvalue weighted by atomic mass is 16.6. The zero-order valence-electron chi connectivity index (χ0n) is 9.82. The summed E-state index contributed by atoms with van der Waals surface area (Å²) in [4.78, 5) is 11.0. The molecule has 9 heteroatoms. The van der Waals surface area contributed by atoms with E-state index >= 15 is 0 Å². The zero-order valence-corrected chi connectivity index (χ0v) is 9.82. The minimum Gasteiger partial charge on any atom is -0.476 e. The lowest BCUT2D eigenvalue weighted by molar-refractivity contribution is 0.0684. The van der Waals surface area contributed by atoms with Gasteiger partial charge in [-0.15, -0.1) is 5.10 Å². The molecule has 0 atom stereocenters. The summed E-state index contributed by atoms with van der Waals surface area (Å²) in [6, 6.07) is 0. The number of ether oxygens (including phenoxy) is 1. The van der Waals surface area contributed by atoms with E-state index in [9.17, 15) is 4.79 Å². The van der Waals surface area contributed by atoms with Crippen LogP contribution < -0.4 is 0 Å². The summed E-state index contributed by atoms with van der Waals surface area (Å²) in [5.74, 6) is -1.15. The molecule has 0 amide bonds. The molecule has 0 aliphatic rings. The van der Waals surface area contributed by atoms with Crippen molar-refractivity contribution < 1.29 is 19.3 Å². The molecule has 0 unspecified atom stereocenters. The van der Waals surface area contributed by atoms with Crippen LogP contribution in [0.1, 0.15) is 27.6 Å². The van der Waals surface area contributed by atoms with Crippen LogP contribution >= 0.6 is 0 Å². The number of methoxy groups -OCH3 is 1. The Balaban J connectivity index is 2.33. The fourth-order valence-corrected chi connectivity index (χ4v) is 1.44. The number of carboxylic acid groups (broad SMARTS) is 1. The minimum absolute atomic E-state index is 0.0962. The first kappa shape index (κ1) is 12.2. The quantitative estimate of drug-likeness (QED) is 0.782. The van der Waals surface area contributed by atoms with Gasteiger partial charge >= 0.3 is 5.97 Å². The summed E-state index contributed by atoms with van der Waals surface area (Å²) in [6.07, 6.45) is 0. The lowest BCUT2D eigenvalue weighted by Gasteiger charge is -2.04. The second-order valence-electron chi connectivity index (χ2n) is 3.58. The normalized spacial score (nSPS) is 10.8. The molecule has 0 saturated carbocycles. The Bertz CT molecular complexity index is 561. The van der Waals surface area contributed by atoms with Crippen LogP contribution in [0.5, 0.6) is 0 Å².